The first-order chi connectivity index (χ1) is 24.4. The fourth-order valence-corrected chi connectivity index (χ4v) is 7.06. The van der Waals surface area contributed by atoms with Gasteiger partial charge in [0, 0.05) is 69.5 Å². The number of aromatic nitrogens is 3. The predicted molar refractivity (Wildman–Crippen MR) is 201 cm³/mol. The third-order valence-corrected chi connectivity index (χ3v) is 9.86. The first kappa shape index (κ1) is 35.9. The van der Waals surface area contributed by atoms with E-state index in [0.29, 0.717) is 17.0 Å². The van der Waals surface area contributed by atoms with Gasteiger partial charge in [0.05, 0.1) is 27.4 Å². The van der Waals surface area contributed by atoms with Gasteiger partial charge in [-0.3, -0.25) is 29.0 Å². The molecule has 7 rings (SSSR count). The van der Waals surface area contributed by atoms with Gasteiger partial charge in [-0.05, 0) is 67.6 Å². The number of carbonyl (C=O) groups is 1. The number of fused-ring (bicyclic) bond motifs is 1. The molecule has 0 radical (unpaired) electrons. The summed E-state index contributed by atoms with van der Waals surface area (Å²) in [4.78, 5) is 42.0. The van der Waals surface area contributed by atoms with Gasteiger partial charge in [-0.1, -0.05) is 30.3 Å². The molecule has 6 aromatic rings. The molecule has 0 spiro atoms. The Labute approximate surface area is 305 Å². The Morgan fingerprint density at radius 2 is 1.69 bits per heavy atom. The Morgan fingerprint density at radius 3 is 2.41 bits per heavy atom. The van der Waals surface area contributed by atoms with E-state index in [-0.39, 0.29) is 42.5 Å². The largest absolute Gasteiger partial charge is 0.493 e. The Bertz CT molecular complexity index is 2200. The van der Waals surface area contributed by atoms with Crippen molar-refractivity contribution in [1.82, 2.24) is 24.3 Å². The van der Waals surface area contributed by atoms with Gasteiger partial charge in [0.15, 0.2) is 17.3 Å². The highest BCUT2D eigenvalue weighted by Gasteiger charge is 2.22. The topological polar surface area (TPSA) is 89.8 Å². The summed E-state index contributed by atoms with van der Waals surface area (Å²) in [5.41, 5.74) is 3.18. The maximum absolute atomic E-state index is 15.5. The monoisotopic (exact) mass is 725 g/mol. The SMILES string of the molecule is CCOc1ccn(-c2ccccc2)c(=O)c1C(=O)Cc1ccc(Oc2ccnc3cc(-c4ccc(CN5CCN(C)CC5)cn4)sc23)c(F)c1.Cl. The lowest BCUT2D eigenvalue weighted by Gasteiger charge is -2.32. The van der Waals surface area contributed by atoms with Gasteiger partial charge in [0.2, 0.25) is 0 Å². The van der Waals surface area contributed by atoms with Crippen molar-refractivity contribution in [1.29, 1.82) is 0 Å². The molecule has 2 aromatic carbocycles. The van der Waals surface area contributed by atoms with Crippen LogP contribution < -0.4 is 15.0 Å². The summed E-state index contributed by atoms with van der Waals surface area (Å²) in [6.45, 7) is 7.17. The second-order valence-corrected chi connectivity index (χ2v) is 13.3. The molecule has 51 heavy (non-hydrogen) atoms. The quantitative estimate of drug-likeness (QED) is 0.128. The third-order valence-electron chi connectivity index (χ3n) is 8.70. The summed E-state index contributed by atoms with van der Waals surface area (Å²) >= 11 is 1.48. The lowest BCUT2D eigenvalue weighted by atomic mass is 10.0. The minimum atomic E-state index is -0.630. The zero-order valence-corrected chi connectivity index (χ0v) is 29.9. The zero-order valence-electron chi connectivity index (χ0n) is 28.3. The average molecular weight is 726 g/mol. The van der Waals surface area contributed by atoms with E-state index in [1.807, 2.05) is 36.5 Å². The van der Waals surface area contributed by atoms with E-state index in [1.54, 1.807) is 49.6 Å². The van der Waals surface area contributed by atoms with Gasteiger partial charge >= 0.3 is 0 Å². The summed E-state index contributed by atoms with van der Waals surface area (Å²) in [5, 5.41) is 0. The number of Topliss-reactive ketones (excluding diaryl/α,β-unsaturated/α-hetero) is 1. The standard InChI is InChI=1S/C39H36FN5O4S.ClH/c1-3-48-34-14-16-45(28-7-5-4-6-8-28)39(47)37(34)32(46)22-26-10-12-33(29(40)21-26)49-35-13-15-41-31-23-36(50-38(31)35)30-11-9-27(24-42-30)25-44-19-17-43(2)18-20-44;/h4-16,21,23-24H,3,17-20,22,25H2,1-2H3;1H. The number of hydrogen-bond donors (Lipinski definition) is 0. The fourth-order valence-electron chi connectivity index (χ4n) is 6.02. The van der Waals surface area contributed by atoms with Crippen LogP contribution in [0.4, 0.5) is 4.39 Å². The first-order valence-corrected chi connectivity index (χ1v) is 17.4. The molecule has 1 fully saturated rings. The Balaban J connectivity index is 0.00000448. The lowest BCUT2D eigenvalue weighted by Crippen LogP contribution is -2.43. The summed E-state index contributed by atoms with van der Waals surface area (Å²) in [7, 11) is 2.15. The van der Waals surface area contributed by atoms with Crippen LogP contribution in [0.25, 0.3) is 26.5 Å². The van der Waals surface area contributed by atoms with Gasteiger partial charge in [-0.15, -0.1) is 23.7 Å². The Hall–Kier alpha value is -4.94. The third kappa shape index (κ3) is 8.02. The van der Waals surface area contributed by atoms with E-state index < -0.39 is 17.2 Å². The fraction of sp³-hybridized carbons (Fsp3) is 0.231. The van der Waals surface area contributed by atoms with Crippen molar-refractivity contribution >= 4 is 39.7 Å². The van der Waals surface area contributed by atoms with Crippen LogP contribution in [0, 0.1) is 5.82 Å². The molecular weight excluding hydrogens is 689 g/mol. The van der Waals surface area contributed by atoms with Crippen LogP contribution in [0.5, 0.6) is 17.2 Å². The van der Waals surface area contributed by atoms with E-state index in [4.69, 9.17) is 14.5 Å². The van der Waals surface area contributed by atoms with E-state index >= 15 is 4.39 Å². The number of para-hydroxylation sites is 1. The van der Waals surface area contributed by atoms with Crippen LogP contribution in [-0.2, 0) is 13.0 Å². The molecule has 0 saturated carbocycles. The lowest BCUT2D eigenvalue weighted by molar-refractivity contribution is 0.0987. The number of hydrogen-bond acceptors (Lipinski definition) is 9. The van der Waals surface area contributed by atoms with Crippen LogP contribution in [0.2, 0.25) is 0 Å². The van der Waals surface area contributed by atoms with Gasteiger partial charge < -0.3 is 14.4 Å². The minimum absolute atomic E-state index is 0. The summed E-state index contributed by atoms with van der Waals surface area (Å²) in [6.07, 6.45) is 4.95. The number of pyridine rings is 3. The van der Waals surface area contributed by atoms with Gasteiger partial charge in [-0.25, -0.2) is 4.39 Å². The number of thiophene rings is 1. The molecular formula is C39H37ClFN5O4S. The van der Waals surface area contributed by atoms with Crippen molar-refractivity contribution in [3.63, 3.8) is 0 Å². The second-order valence-electron chi connectivity index (χ2n) is 12.2. The Morgan fingerprint density at radius 1 is 0.902 bits per heavy atom. The molecule has 12 heteroatoms. The van der Waals surface area contributed by atoms with Crippen molar-refractivity contribution in [2.24, 2.45) is 0 Å². The van der Waals surface area contributed by atoms with Crippen LogP contribution in [0.3, 0.4) is 0 Å². The molecule has 0 aliphatic carbocycles. The number of ketones is 1. The highest BCUT2D eigenvalue weighted by atomic mass is 35.5. The second kappa shape index (κ2) is 15.9. The number of benzene rings is 2. The number of halogens is 2. The van der Waals surface area contributed by atoms with Crippen molar-refractivity contribution in [2.45, 2.75) is 19.9 Å². The minimum Gasteiger partial charge on any atom is -0.493 e. The number of carbonyl (C=O) groups excluding carboxylic acids is 1. The highest BCUT2D eigenvalue weighted by Crippen LogP contribution is 2.39. The summed E-state index contributed by atoms with van der Waals surface area (Å²) in [6, 6.07) is 22.8. The number of likely N-dealkylation sites (N-methyl/N-ethyl adjacent to an activating group) is 1. The molecule has 1 aliphatic rings. The summed E-state index contributed by atoms with van der Waals surface area (Å²) in [5.74, 6) is -0.429. The molecule has 0 amide bonds. The number of piperazine rings is 1. The Kier molecular flexibility index (Phi) is 11.2. The average Bonchev–Trinajstić information content (AvgIpc) is 3.57. The van der Waals surface area contributed by atoms with Crippen molar-refractivity contribution in [2.75, 3.05) is 39.8 Å². The maximum atomic E-state index is 15.5. The van der Waals surface area contributed by atoms with Crippen molar-refractivity contribution < 1.29 is 18.7 Å². The molecule has 1 aliphatic heterocycles. The van der Waals surface area contributed by atoms with Crippen molar-refractivity contribution in [3.05, 3.63) is 130 Å². The van der Waals surface area contributed by atoms with Gasteiger partial charge in [0.1, 0.15) is 17.1 Å². The molecule has 5 heterocycles. The highest BCUT2D eigenvalue weighted by molar-refractivity contribution is 7.22. The van der Waals surface area contributed by atoms with E-state index in [9.17, 15) is 9.59 Å². The van der Waals surface area contributed by atoms with E-state index in [1.165, 1.54) is 33.6 Å². The smallest absolute Gasteiger partial charge is 0.269 e. The normalized spacial score (nSPS) is 13.5. The van der Waals surface area contributed by atoms with E-state index in [2.05, 4.69) is 27.9 Å². The maximum Gasteiger partial charge on any atom is 0.269 e. The molecule has 262 valence electrons. The van der Waals surface area contributed by atoms with Crippen LogP contribution in [0.15, 0.2) is 102 Å². The first-order valence-electron chi connectivity index (χ1n) is 16.5. The van der Waals surface area contributed by atoms with E-state index in [0.717, 1.165) is 53.5 Å². The number of ether oxygens (including phenoxy) is 2. The molecule has 1 saturated heterocycles. The number of rotatable bonds is 11. The van der Waals surface area contributed by atoms with Crippen LogP contribution >= 0.6 is 23.7 Å². The summed E-state index contributed by atoms with van der Waals surface area (Å²) < 4.78 is 29.4. The molecule has 0 unspecified atom stereocenters. The number of nitrogens with zero attached hydrogens (tertiary/aromatic N) is 5. The molecule has 4 aromatic heterocycles. The molecule has 9 nitrogen and oxygen atoms in total. The molecule has 0 atom stereocenters. The van der Waals surface area contributed by atoms with Crippen LogP contribution in [0.1, 0.15) is 28.4 Å². The molecule has 0 bridgehead atoms. The zero-order chi connectivity index (χ0) is 34.6. The van der Waals surface area contributed by atoms with Crippen LogP contribution in [-0.4, -0.2) is 70.0 Å². The predicted octanol–water partition coefficient (Wildman–Crippen LogP) is 7.43. The van der Waals surface area contributed by atoms with Gasteiger partial charge in [0.25, 0.3) is 5.56 Å². The molecule has 0 N–H and O–H groups in total. The van der Waals surface area contributed by atoms with Gasteiger partial charge in [-0.2, -0.15) is 0 Å². The van der Waals surface area contributed by atoms with Crippen molar-refractivity contribution in [3.8, 4) is 33.5 Å².